The number of guanidine groups is 1. The fourth-order valence-electron chi connectivity index (χ4n) is 4.19. The van der Waals surface area contributed by atoms with Gasteiger partial charge in [-0.1, -0.05) is 19.3 Å². The average molecular weight is 406 g/mol. The molecule has 2 fully saturated rings. The highest BCUT2D eigenvalue weighted by Crippen LogP contribution is 2.26. The van der Waals surface area contributed by atoms with Crippen LogP contribution in [0.25, 0.3) is 0 Å². The summed E-state index contributed by atoms with van der Waals surface area (Å²) in [7, 11) is 1.80. The molecular formula is C21H35N5OS. The van der Waals surface area contributed by atoms with Crippen LogP contribution in [0.15, 0.2) is 22.5 Å². The van der Waals surface area contributed by atoms with Gasteiger partial charge in [0.1, 0.15) is 0 Å². The van der Waals surface area contributed by atoms with Crippen LogP contribution in [0.4, 0.5) is 5.00 Å². The minimum atomic E-state index is 0.192. The summed E-state index contributed by atoms with van der Waals surface area (Å²) in [6.07, 6.45) is 9.24. The van der Waals surface area contributed by atoms with E-state index >= 15 is 0 Å². The average Bonchev–Trinajstić information content (AvgIpc) is 3.26. The van der Waals surface area contributed by atoms with Gasteiger partial charge in [0.25, 0.3) is 0 Å². The molecule has 1 aromatic rings. The van der Waals surface area contributed by atoms with Crippen molar-refractivity contribution in [2.75, 3.05) is 38.1 Å². The molecule has 1 aliphatic carbocycles. The van der Waals surface area contributed by atoms with Crippen molar-refractivity contribution in [3.05, 3.63) is 17.5 Å². The van der Waals surface area contributed by atoms with E-state index in [1.165, 1.54) is 37.1 Å². The first-order valence-electron chi connectivity index (χ1n) is 10.8. The van der Waals surface area contributed by atoms with Gasteiger partial charge in [0.15, 0.2) is 5.96 Å². The Morgan fingerprint density at radius 2 is 1.89 bits per heavy atom. The fraction of sp³-hybridized carbons (Fsp3) is 0.714. The smallest absolute Gasteiger partial charge is 0.220 e. The molecular weight excluding hydrogens is 370 g/mol. The summed E-state index contributed by atoms with van der Waals surface area (Å²) < 4.78 is 0. The van der Waals surface area contributed by atoms with E-state index in [2.05, 4.69) is 43.4 Å². The Bertz CT molecular complexity index is 604. The molecule has 1 amide bonds. The van der Waals surface area contributed by atoms with Crippen LogP contribution in [0, 0.1) is 5.92 Å². The van der Waals surface area contributed by atoms with Gasteiger partial charge in [-0.2, -0.15) is 0 Å². The Labute approximate surface area is 173 Å². The van der Waals surface area contributed by atoms with Crippen molar-refractivity contribution < 1.29 is 4.79 Å². The maximum absolute atomic E-state index is 12.1. The summed E-state index contributed by atoms with van der Waals surface area (Å²) in [6.45, 7) is 3.49. The van der Waals surface area contributed by atoms with Crippen LogP contribution < -0.4 is 20.9 Å². The molecule has 0 spiro atoms. The third-order valence-corrected chi connectivity index (χ3v) is 6.74. The van der Waals surface area contributed by atoms with Crippen molar-refractivity contribution in [1.29, 1.82) is 0 Å². The van der Waals surface area contributed by atoms with E-state index in [1.54, 1.807) is 7.05 Å². The fourth-order valence-corrected chi connectivity index (χ4v) is 4.98. The van der Waals surface area contributed by atoms with Crippen LogP contribution in [0.3, 0.4) is 0 Å². The largest absolute Gasteiger partial charge is 0.363 e. The highest BCUT2D eigenvalue weighted by molar-refractivity contribution is 7.14. The number of anilines is 1. The molecule has 1 aliphatic heterocycles. The van der Waals surface area contributed by atoms with Crippen molar-refractivity contribution in [1.82, 2.24) is 16.0 Å². The molecule has 28 heavy (non-hydrogen) atoms. The molecule has 3 rings (SSSR count). The Morgan fingerprint density at radius 1 is 1.14 bits per heavy atom. The van der Waals surface area contributed by atoms with Gasteiger partial charge in [-0.05, 0) is 49.1 Å². The van der Waals surface area contributed by atoms with Crippen LogP contribution in [-0.2, 0) is 4.79 Å². The molecule has 1 saturated carbocycles. The van der Waals surface area contributed by atoms with Crippen molar-refractivity contribution >= 4 is 28.2 Å². The number of hydrogen-bond donors (Lipinski definition) is 3. The van der Waals surface area contributed by atoms with Crippen LogP contribution >= 0.6 is 11.3 Å². The third-order valence-electron chi connectivity index (χ3n) is 5.82. The SMILES string of the molecule is CN=C(NCCNC(=O)CC1CCCCC1)NC1CCN(c2cccs2)CC1. The lowest BCUT2D eigenvalue weighted by atomic mass is 9.87. The Balaban J connectivity index is 1.28. The van der Waals surface area contributed by atoms with E-state index in [-0.39, 0.29) is 5.91 Å². The van der Waals surface area contributed by atoms with Gasteiger partial charge in [-0.15, -0.1) is 11.3 Å². The molecule has 0 aromatic carbocycles. The second kappa shape index (κ2) is 11.3. The number of rotatable bonds is 7. The van der Waals surface area contributed by atoms with E-state index in [4.69, 9.17) is 0 Å². The van der Waals surface area contributed by atoms with E-state index in [0.717, 1.165) is 31.9 Å². The molecule has 0 atom stereocenters. The zero-order valence-corrected chi connectivity index (χ0v) is 17.9. The summed E-state index contributed by atoms with van der Waals surface area (Å²) in [5.41, 5.74) is 0. The lowest BCUT2D eigenvalue weighted by Crippen LogP contribution is -2.49. The van der Waals surface area contributed by atoms with Gasteiger partial charge in [-0.3, -0.25) is 9.79 Å². The molecule has 2 aliphatic rings. The number of carbonyl (C=O) groups is 1. The van der Waals surface area contributed by atoms with Gasteiger partial charge in [-0.25, -0.2) is 0 Å². The second-order valence-corrected chi connectivity index (χ2v) is 8.84. The Hall–Kier alpha value is -1.76. The number of aliphatic imine (C=N–C) groups is 1. The van der Waals surface area contributed by atoms with Crippen molar-refractivity contribution in [2.24, 2.45) is 10.9 Å². The van der Waals surface area contributed by atoms with E-state index in [1.807, 2.05) is 11.3 Å². The Morgan fingerprint density at radius 3 is 2.57 bits per heavy atom. The number of nitrogens with zero attached hydrogens (tertiary/aromatic N) is 2. The maximum Gasteiger partial charge on any atom is 0.220 e. The number of amides is 1. The molecule has 7 heteroatoms. The standard InChI is InChI=1S/C21H35N5OS/c1-22-21(24-12-11-23-19(27)16-17-6-3-2-4-7-17)25-18-9-13-26(14-10-18)20-8-5-15-28-20/h5,8,15,17-18H,2-4,6-7,9-14,16H2,1H3,(H,23,27)(H2,22,24,25). The summed E-state index contributed by atoms with van der Waals surface area (Å²) in [6, 6.07) is 4.76. The molecule has 6 nitrogen and oxygen atoms in total. The lowest BCUT2D eigenvalue weighted by molar-refractivity contribution is -0.122. The molecule has 0 unspecified atom stereocenters. The molecule has 0 radical (unpaired) electrons. The molecule has 156 valence electrons. The first kappa shape index (κ1) is 21.0. The maximum atomic E-state index is 12.1. The van der Waals surface area contributed by atoms with Crippen LogP contribution in [0.5, 0.6) is 0 Å². The number of hydrogen-bond acceptors (Lipinski definition) is 4. The summed E-state index contributed by atoms with van der Waals surface area (Å²) in [4.78, 5) is 18.9. The van der Waals surface area contributed by atoms with Crippen LogP contribution in [0.1, 0.15) is 51.4 Å². The van der Waals surface area contributed by atoms with Gasteiger partial charge in [0.05, 0.1) is 5.00 Å². The third kappa shape index (κ3) is 6.69. The zero-order valence-electron chi connectivity index (χ0n) is 17.1. The minimum Gasteiger partial charge on any atom is -0.363 e. The van der Waals surface area contributed by atoms with Crippen LogP contribution in [-0.4, -0.2) is 51.1 Å². The van der Waals surface area contributed by atoms with Crippen molar-refractivity contribution in [3.8, 4) is 0 Å². The first-order valence-corrected chi connectivity index (χ1v) is 11.6. The highest BCUT2D eigenvalue weighted by atomic mass is 32.1. The second-order valence-electron chi connectivity index (χ2n) is 7.91. The van der Waals surface area contributed by atoms with Crippen LogP contribution in [0.2, 0.25) is 0 Å². The molecule has 1 aromatic heterocycles. The highest BCUT2D eigenvalue weighted by Gasteiger charge is 2.20. The van der Waals surface area contributed by atoms with Gasteiger partial charge in [0.2, 0.25) is 5.91 Å². The monoisotopic (exact) mass is 405 g/mol. The van der Waals surface area contributed by atoms with Gasteiger partial charge < -0.3 is 20.9 Å². The zero-order chi connectivity index (χ0) is 19.6. The van der Waals surface area contributed by atoms with E-state index < -0.39 is 0 Å². The van der Waals surface area contributed by atoms with E-state index in [0.29, 0.717) is 31.5 Å². The van der Waals surface area contributed by atoms with Gasteiger partial charge >= 0.3 is 0 Å². The first-order chi connectivity index (χ1) is 13.7. The van der Waals surface area contributed by atoms with Crippen molar-refractivity contribution in [2.45, 2.75) is 57.4 Å². The number of nitrogens with one attached hydrogen (secondary N) is 3. The molecule has 0 bridgehead atoms. The molecule has 1 saturated heterocycles. The summed E-state index contributed by atoms with van der Waals surface area (Å²) >= 11 is 1.81. The number of carbonyl (C=O) groups excluding carboxylic acids is 1. The Kier molecular flexibility index (Phi) is 8.45. The normalized spacial score (nSPS) is 19.5. The molecule has 3 N–H and O–H groups in total. The molecule has 2 heterocycles. The van der Waals surface area contributed by atoms with Crippen molar-refractivity contribution in [3.63, 3.8) is 0 Å². The van der Waals surface area contributed by atoms with E-state index in [9.17, 15) is 4.79 Å². The van der Waals surface area contributed by atoms with Gasteiger partial charge in [0, 0.05) is 45.7 Å². The lowest BCUT2D eigenvalue weighted by Gasteiger charge is -2.33. The number of thiophene rings is 1. The number of piperidine rings is 1. The predicted molar refractivity (Wildman–Crippen MR) is 118 cm³/mol. The predicted octanol–water partition coefficient (Wildman–Crippen LogP) is 2.97. The summed E-state index contributed by atoms with van der Waals surface area (Å²) in [5, 5.41) is 13.4. The summed E-state index contributed by atoms with van der Waals surface area (Å²) in [5.74, 6) is 1.62. The quantitative estimate of drug-likeness (QED) is 0.371. The topological polar surface area (TPSA) is 68.8 Å². The minimum absolute atomic E-state index is 0.192.